The van der Waals surface area contributed by atoms with Crippen molar-refractivity contribution in [3.05, 3.63) is 11.8 Å². The molecule has 1 aliphatic rings. The summed E-state index contributed by atoms with van der Waals surface area (Å²) in [6.07, 6.45) is 3.59. The molecule has 2 heterocycles. The van der Waals surface area contributed by atoms with Crippen LogP contribution in [0.4, 0.5) is 0 Å². The summed E-state index contributed by atoms with van der Waals surface area (Å²) in [7, 11) is 0. The molecule has 0 spiro atoms. The minimum atomic E-state index is -0.0556. The first-order valence-electron chi connectivity index (χ1n) is 5.64. The first kappa shape index (κ1) is 10.6. The highest BCUT2D eigenvalue weighted by Gasteiger charge is 2.25. The average molecular weight is 209 g/mol. The van der Waals surface area contributed by atoms with Crippen molar-refractivity contribution < 1.29 is 4.42 Å². The van der Waals surface area contributed by atoms with E-state index in [0.717, 1.165) is 24.7 Å². The Labute approximate surface area is 90.5 Å². The van der Waals surface area contributed by atoms with Gasteiger partial charge in [0.25, 0.3) is 0 Å². The third kappa shape index (κ3) is 2.37. The number of rotatable bonds is 1. The van der Waals surface area contributed by atoms with Gasteiger partial charge in [0.1, 0.15) is 0 Å². The molecule has 15 heavy (non-hydrogen) atoms. The van der Waals surface area contributed by atoms with E-state index in [1.165, 1.54) is 12.8 Å². The van der Waals surface area contributed by atoms with E-state index in [0.29, 0.717) is 0 Å². The lowest BCUT2D eigenvalue weighted by molar-refractivity contribution is 0.308. The number of piperidine rings is 1. The van der Waals surface area contributed by atoms with E-state index >= 15 is 0 Å². The zero-order valence-corrected chi connectivity index (χ0v) is 9.71. The lowest BCUT2D eigenvalue weighted by atomic mass is 9.97. The molecule has 1 aromatic rings. The number of hydrogen-bond donors (Lipinski definition) is 1. The molecule has 1 fully saturated rings. The summed E-state index contributed by atoms with van der Waals surface area (Å²) < 4.78 is 5.70. The molecule has 2 rings (SSSR count). The van der Waals surface area contributed by atoms with Crippen LogP contribution >= 0.6 is 0 Å². The molecule has 0 amide bonds. The summed E-state index contributed by atoms with van der Waals surface area (Å²) in [6, 6.07) is 0.266. The van der Waals surface area contributed by atoms with Crippen LogP contribution in [-0.2, 0) is 5.41 Å². The summed E-state index contributed by atoms with van der Waals surface area (Å²) in [5.74, 6) is 1.48. The fraction of sp³-hybridized carbons (Fsp3) is 0.818. The number of hydrogen-bond acceptors (Lipinski definition) is 4. The van der Waals surface area contributed by atoms with Crippen LogP contribution in [0.15, 0.2) is 4.42 Å². The SMILES string of the molecule is CC(C)(C)c1nnc(C2CCCCN2)o1. The van der Waals surface area contributed by atoms with Crippen LogP contribution in [0.25, 0.3) is 0 Å². The lowest BCUT2D eigenvalue weighted by Crippen LogP contribution is -2.27. The van der Waals surface area contributed by atoms with Crippen molar-refractivity contribution in [3.63, 3.8) is 0 Å². The number of nitrogens with zero attached hydrogens (tertiary/aromatic N) is 2. The Balaban J connectivity index is 2.12. The van der Waals surface area contributed by atoms with Crippen LogP contribution in [0.3, 0.4) is 0 Å². The molecule has 1 atom stereocenters. The van der Waals surface area contributed by atoms with Crippen molar-refractivity contribution in [2.75, 3.05) is 6.54 Å². The summed E-state index contributed by atoms with van der Waals surface area (Å²) >= 11 is 0. The minimum absolute atomic E-state index is 0.0556. The van der Waals surface area contributed by atoms with E-state index in [9.17, 15) is 0 Å². The molecular weight excluding hydrogens is 190 g/mol. The normalized spacial score (nSPS) is 23.0. The Hall–Kier alpha value is -0.900. The van der Waals surface area contributed by atoms with Crippen LogP contribution in [0.1, 0.15) is 57.9 Å². The molecule has 1 unspecified atom stereocenters. The minimum Gasteiger partial charge on any atom is -0.423 e. The smallest absolute Gasteiger partial charge is 0.233 e. The van der Waals surface area contributed by atoms with E-state index in [1.807, 2.05) is 0 Å². The topological polar surface area (TPSA) is 51.0 Å². The first-order valence-corrected chi connectivity index (χ1v) is 5.64. The zero-order valence-electron chi connectivity index (χ0n) is 9.71. The van der Waals surface area contributed by atoms with E-state index in [2.05, 4.69) is 36.3 Å². The van der Waals surface area contributed by atoms with E-state index in [-0.39, 0.29) is 11.5 Å². The molecule has 84 valence electrons. The lowest BCUT2D eigenvalue weighted by Gasteiger charge is -2.20. The second-order valence-corrected chi connectivity index (χ2v) is 5.20. The highest BCUT2D eigenvalue weighted by atomic mass is 16.4. The van der Waals surface area contributed by atoms with Crippen LogP contribution < -0.4 is 5.32 Å². The predicted octanol–water partition coefficient (Wildman–Crippen LogP) is 2.18. The van der Waals surface area contributed by atoms with Gasteiger partial charge in [0.05, 0.1) is 6.04 Å². The van der Waals surface area contributed by atoms with Crippen molar-refractivity contribution in [2.24, 2.45) is 0 Å². The molecule has 0 aliphatic carbocycles. The largest absolute Gasteiger partial charge is 0.423 e. The van der Waals surface area contributed by atoms with Crippen LogP contribution in [-0.4, -0.2) is 16.7 Å². The summed E-state index contributed by atoms with van der Waals surface area (Å²) in [4.78, 5) is 0. The monoisotopic (exact) mass is 209 g/mol. The Morgan fingerprint density at radius 2 is 2.07 bits per heavy atom. The molecule has 0 saturated carbocycles. The molecule has 4 heteroatoms. The van der Waals surface area contributed by atoms with Gasteiger partial charge in [0, 0.05) is 5.41 Å². The van der Waals surface area contributed by atoms with Gasteiger partial charge < -0.3 is 9.73 Å². The Bertz CT molecular complexity index is 321. The molecular formula is C11H19N3O. The van der Waals surface area contributed by atoms with Crippen molar-refractivity contribution in [1.29, 1.82) is 0 Å². The summed E-state index contributed by atoms with van der Waals surface area (Å²) in [6.45, 7) is 7.30. The molecule has 1 aromatic heterocycles. The summed E-state index contributed by atoms with van der Waals surface area (Å²) in [5, 5.41) is 11.6. The van der Waals surface area contributed by atoms with Crippen molar-refractivity contribution in [1.82, 2.24) is 15.5 Å². The molecule has 4 nitrogen and oxygen atoms in total. The van der Waals surface area contributed by atoms with Gasteiger partial charge in [-0.1, -0.05) is 27.2 Å². The third-order valence-corrected chi connectivity index (χ3v) is 2.69. The van der Waals surface area contributed by atoms with Crippen LogP contribution in [0, 0.1) is 0 Å². The van der Waals surface area contributed by atoms with Gasteiger partial charge in [0.2, 0.25) is 11.8 Å². The molecule has 1 N–H and O–H groups in total. The fourth-order valence-corrected chi connectivity index (χ4v) is 1.74. The maximum atomic E-state index is 5.70. The van der Waals surface area contributed by atoms with Gasteiger partial charge in [-0.3, -0.25) is 0 Å². The third-order valence-electron chi connectivity index (χ3n) is 2.69. The zero-order chi connectivity index (χ0) is 10.9. The van der Waals surface area contributed by atoms with Gasteiger partial charge in [-0.25, -0.2) is 0 Å². The van der Waals surface area contributed by atoms with Gasteiger partial charge in [0.15, 0.2) is 0 Å². The highest BCUT2D eigenvalue weighted by Crippen LogP contribution is 2.26. The van der Waals surface area contributed by atoms with Gasteiger partial charge in [-0.05, 0) is 19.4 Å². The molecule has 1 saturated heterocycles. The average Bonchev–Trinajstić information content (AvgIpc) is 2.67. The fourth-order valence-electron chi connectivity index (χ4n) is 1.74. The van der Waals surface area contributed by atoms with E-state index < -0.39 is 0 Å². The van der Waals surface area contributed by atoms with Crippen LogP contribution in [0.5, 0.6) is 0 Å². The molecule has 1 aliphatic heterocycles. The van der Waals surface area contributed by atoms with Crippen molar-refractivity contribution in [3.8, 4) is 0 Å². The van der Waals surface area contributed by atoms with Gasteiger partial charge >= 0.3 is 0 Å². The quantitative estimate of drug-likeness (QED) is 0.770. The predicted molar refractivity (Wildman–Crippen MR) is 57.6 cm³/mol. The molecule has 0 radical (unpaired) electrons. The standard InChI is InChI=1S/C11H19N3O/c1-11(2,3)10-14-13-9(15-10)8-6-4-5-7-12-8/h8,12H,4-7H2,1-3H3. The van der Waals surface area contributed by atoms with E-state index in [4.69, 9.17) is 4.42 Å². The molecule has 0 aromatic carbocycles. The highest BCUT2D eigenvalue weighted by molar-refractivity contribution is 4.99. The Kier molecular flexibility index (Phi) is 2.78. The second kappa shape index (κ2) is 3.93. The maximum absolute atomic E-state index is 5.70. The first-order chi connectivity index (χ1) is 7.07. The Morgan fingerprint density at radius 3 is 2.60 bits per heavy atom. The van der Waals surface area contributed by atoms with Crippen molar-refractivity contribution in [2.45, 2.75) is 51.5 Å². The van der Waals surface area contributed by atoms with Gasteiger partial charge in [-0.2, -0.15) is 0 Å². The van der Waals surface area contributed by atoms with Crippen LogP contribution in [0.2, 0.25) is 0 Å². The van der Waals surface area contributed by atoms with Gasteiger partial charge in [-0.15, -0.1) is 10.2 Å². The Morgan fingerprint density at radius 1 is 1.27 bits per heavy atom. The number of nitrogens with one attached hydrogen (secondary N) is 1. The summed E-state index contributed by atoms with van der Waals surface area (Å²) in [5.41, 5.74) is -0.0556. The molecule has 0 bridgehead atoms. The van der Waals surface area contributed by atoms with E-state index in [1.54, 1.807) is 0 Å². The van der Waals surface area contributed by atoms with Crippen molar-refractivity contribution >= 4 is 0 Å². The number of aromatic nitrogens is 2. The maximum Gasteiger partial charge on any atom is 0.233 e. The second-order valence-electron chi connectivity index (χ2n) is 5.20.